The van der Waals surface area contributed by atoms with Crippen molar-refractivity contribution in [2.24, 2.45) is 0 Å². The van der Waals surface area contributed by atoms with Gasteiger partial charge in [0.2, 0.25) is 17.7 Å². The molecule has 0 aliphatic rings. The molecule has 0 bridgehead atoms. The van der Waals surface area contributed by atoms with E-state index in [1.807, 2.05) is 0 Å². The fourth-order valence-corrected chi connectivity index (χ4v) is 4.85. The van der Waals surface area contributed by atoms with Crippen molar-refractivity contribution in [3.05, 3.63) is 87.7 Å². The molecule has 2 heterocycles. The highest BCUT2D eigenvalue weighted by molar-refractivity contribution is 6.38. The normalized spacial score (nSPS) is 11.4. The van der Waals surface area contributed by atoms with Crippen LogP contribution in [0.25, 0.3) is 17.0 Å². The van der Waals surface area contributed by atoms with E-state index in [1.54, 1.807) is 43.3 Å². The van der Waals surface area contributed by atoms with Crippen LogP contribution in [0.2, 0.25) is 10.0 Å². The molecule has 0 saturated carbocycles. The number of para-hydroxylation sites is 1. The van der Waals surface area contributed by atoms with Gasteiger partial charge in [-0.3, -0.25) is 14.4 Å². The Morgan fingerprint density at radius 1 is 1.04 bits per heavy atom. The number of aryl methyl sites for hydroxylation is 1. The first-order valence-corrected chi connectivity index (χ1v) is 14.6. The largest absolute Gasteiger partial charge is 0.487 e. The monoisotopic (exact) mass is 689 g/mol. The molecule has 0 aliphatic carbocycles. The summed E-state index contributed by atoms with van der Waals surface area (Å²) in [5.74, 6) is -0.642. The van der Waals surface area contributed by atoms with Crippen LogP contribution in [-0.4, -0.2) is 54.1 Å². The van der Waals surface area contributed by atoms with Gasteiger partial charge in [0, 0.05) is 54.0 Å². The summed E-state index contributed by atoms with van der Waals surface area (Å²) >= 11 is 13.1. The van der Waals surface area contributed by atoms with Gasteiger partial charge in [0.05, 0.1) is 17.3 Å². The molecule has 10 nitrogen and oxygen atoms in total. The van der Waals surface area contributed by atoms with Crippen molar-refractivity contribution in [1.29, 1.82) is 0 Å². The summed E-state index contributed by atoms with van der Waals surface area (Å²) in [4.78, 5) is 46.1. The second-order valence-corrected chi connectivity index (χ2v) is 10.9. The van der Waals surface area contributed by atoms with Crippen LogP contribution in [0.4, 0.5) is 24.7 Å². The molecule has 0 aliphatic heterocycles. The van der Waals surface area contributed by atoms with Crippen molar-refractivity contribution in [2.45, 2.75) is 26.6 Å². The number of nitrogens with zero attached hydrogens (tertiary/aromatic N) is 3. The van der Waals surface area contributed by atoms with Gasteiger partial charge in [0.25, 0.3) is 0 Å². The number of amides is 3. The van der Waals surface area contributed by atoms with Crippen LogP contribution < -0.4 is 25.0 Å². The topological polar surface area (TPSA) is 123 Å². The van der Waals surface area contributed by atoms with Crippen molar-refractivity contribution >= 4 is 69.4 Å². The summed E-state index contributed by atoms with van der Waals surface area (Å²) in [5.41, 5.74) is 1.94. The first kappa shape index (κ1) is 35.0. The summed E-state index contributed by atoms with van der Waals surface area (Å²) < 4.78 is 49.4. The van der Waals surface area contributed by atoms with Crippen LogP contribution in [0.1, 0.15) is 23.7 Å². The van der Waals surface area contributed by atoms with Gasteiger partial charge in [0.15, 0.2) is 6.61 Å². The SMILES string of the molecule is CC(=O)Nc1ccc(C=CC(=O)NCC(=O)N(C)c2ccc(Cl)c(COc3cccc4c(OCC(F)(F)F)cc(C)nc34)c2Cl)cn1. The first-order chi connectivity index (χ1) is 22.2. The number of alkyl halides is 3. The zero-order chi connectivity index (χ0) is 34.3. The number of carbonyl (C=O) groups excluding carboxylic acids is 3. The molecule has 3 amide bonds. The van der Waals surface area contributed by atoms with E-state index in [4.69, 9.17) is 32.7 Å². The zero-order valence-corrected chi connectivity index (χ0v) is 26.8. The third kappa shape index (κ3) is 9.56. The van der Waals surface area contributed by atoms with E-state index >= 15 is 0 Å². The maximum Gasteiger partial charge on any atom is 0.422 e. The summed E-state index contributed by atoms with van der Waals surface area (Å²) in [6.07, 6.45) is -0.308. The molecule has 0 fully saturated rings. The lowest BCUT2D eigenvalue weighted by molar-refractivity contribution is -0.153. The molecule has 0 unspecified atom stereocenters. The summed E-state index contributed by atoms with van der Waals surface area (Å²) in [5, 5.41) is 5.74. The second-order valence-electron chi connectivity index (χ2n) is 10.1. The molecule has 15 heteroatoms. The number of aromatic nitrogens is 2. The van der Waals surface area contributed by atoms with E-state index in [-0.39, 0.29) is 46.1 Å². The number of rotatable bonds is 11. The van der Waals surface area contributed by atoms with Crippen LogP contribution in [0.5, 0.6) is 11.5 Å². The second kappa shape index (κ2) is 15.1. The van der Waals surface area contributed by atoms with Gasteiger partial charge in [-0.2, -0.15) is 13.2 Å². The first-order valence-electron chi connectivity index (χ1n) is 13.9. The van der Waals surface area contributed by atoms with Crippen molar-refractivity contribution in [2.75, 3.05) is 30.4 Å². The molecule has 0 saturated heterocycles. The number of fused-ring (bicyclic) bond motifs is 1. The molecular weight excluding hydrogens is 662 g/mol. The molecule has 246 valence electrons. The fraction of sp³-hybridized carbons (Fsp3) is 0.219. The van der Waals surface area contributed by atoms with Gasteiger partial charge < -0.3 is 25.0 Å². The molecule has 4 aromatic rings. The molecule has 47 heavy (non-hydrogen) atoms. The minimum atomic E-state index is -4.52. The third-order valence-corrected chi connectivity index (χ3v) is 7.26. The Kier molecular flexibility index (Phi) is 11.3. The summed E-state index contributed by atoms with van der Waals surface area (Å²) in [7, 11) is 1.48. The standard InChI is InChI=1S/C32H28Cl2F3N5O5/c1-18-13-26(47-17-32(35,36)37)21-5-4-6-25(31(21)40-18)46-16-22-23(33)9-10-24(30(22)34)42(3)29(45)15-39-28(44)12-8-20-7-11-27(38-14-20)41-19(2)43/h4-14H,15-17H2,1-3H3,(H,39,44)(H,38,41,43). The van der Waals surface area contributed by atoms with Gasteiger partial charge >= 0.3 is 6.18 Å². The van der Waals surface area contributed by atoms with E-state index in [2.05, 4.69) is 20.6 Å². The Morgan fingerprint density at radius 3 is 2.49 bits per heavy atom. The number of likely N-dealkylation sites (N-methyl/N-ethyl adjacent to an activating group) is 1. The molecule has 2 aromatic heterocycles. The predicted octanol–water partition coefficient (Wildman–Crippen LogP) is 6.52. The smallest absolute Gasteiger partial charge is 0.422 e. The number of hydrogen-bond acceptors (Lipinski definition) is 7. The Morgan fingerprint density at radius 2 is 1.81 bits per heavy atom. The lowest BCUT2D eigenvalue weighted by atomic mass is 10.1. The number of anilines is 2. The van der Waals surface area contributed by atoms with Crippen LogP contribution in [0, 0.1) is 6.92 Å². The maximum atomic E-state index is 12.9. The number of ether oxygens (including phenoxy) is 2. The molecule has 0 spiro atoms. The molecule has 2 aromatic carbocycles. The van der Waals surface area contributed by atoms with Crippen LogP contribution in [-0.2, 0) is 21.0 Å². The van der Waals surface area contributed by atoms with Crippen LogP contribution >= 0.6 is 23.2 Å². The van der Waals surface area contributed by atoms with Gasteiger partial charge in [-0.1, -0.05) is 29.3 Å². The predicted molar refractivity (Wildman–Crippen MR) is 173 cm³/mol. The zero-order valence-electron chi connectivity index (χ0n) is 25.2. The minimum Gasteiger partial charge on any atom is -0.487 e. The molecule has 0 radical (unpaired) electrons. The van der Waals surface area contributed by atoms with Crippen LogP contribution in [0.15, 0.2) is 60.8 Å². The molecular formula is C32H28Cl2F3N5O5. The number of benzene rings is 2. The van der Waals surface area contributed by atoms with E-state index in [0.29, 0.717) is 33.7 Å². The number of nitrogens with one attached hydrogen (secondary N) is 2. The highest BCUT2D eigenvalue weighted by atomic mass is 35.5. The van der Waals surface area contributed by atoms with E-state index < -0.39 is 24.6 Å². The number of halogens is 5. The highest BCUT2D eigenvalue weighted by Crippen LogP contribution is 2.37. The van der Waals surface area contributed by atoms with Crippen molar-refractivity contribution in [3.63, 3.8) is 0 Å². The van der Waals surface area contributed by atoms with Crippen molar-refractivity contribution < 1.29 is 37.0 Å². The van der Waals surface area contributed by atoms with Gasteiger partial charge in [-0.15, -0.1) is 0 Å². The highest BCUT2D eigenvalue weighted by Gasteiger charge is 2.29. The lowest BCUT2D eigenvalue weighted by Gasteiger charge is -2.21. The fourth-order valence-electron chi connectivity index (χ4n) is 4.24. The van der Waals surface area contributed by atoms with Crippen molar-refractivity contribution in [3.8, 4) is 11.5 Å². The van der Waals surface area contributed by atoms with E-state index in [0.717, 1.165) is 0 Å². The average molecular weight is 691 g/mol. The summed E-state index contributed by atoms with van der Waals surface area (Å²) in [6, 6.07) is 12.5. The van der Waals surface area contributed by atoms with E-state index in [9.17, 15) is 27.6 Å². The number of pyridine rings is 2. The van der Waals surface area contributed by atoms with Crippen molar-refractivity contribution in [1.82, 2.24) is 15.3 Å². The third-order valence-electron chi connectivity index (χ3n) is 6.49. The van der Waals surface area contributed by atoms with Gasteiger partial charge in [0.1, 0.15) is 29.4 Å². The van der Waals surface area contributed by atoms with Gasteiger partial charge in [-0.05, 0) is 55.0 Å². The average Bonchev–Trinajstić information content (AvgIpc) is 3.01. The number of hydrogen-bond donors (Lipinski definition) is 2. The van der Waals surface area contributed by atoms with Crippen LogP contribution in [0.3, 0.4) is 0 Å². The lowest BCUT2D eigenvalue weighted by Crippen LogP contribution is -2.37. The van der Waals surface area contributed by atoms with Gasteiger partial charge in [-0.25, -0.2) is 9.97 Å². The Labute approximate surface area is 277 Å². The maximum absolute atomic E-state index is 12.9. The Hall–Kier alpha value is -4.88. The van der Waals surface area contributed by atoms with E-state index in [1.165, 1.54) is 49.4 Å². The molecule has 4 rings (SSSR count). The Bertz CT molecular complexity index is 1840. The Balaban J connectivity index is 1.42. The quantitative estimate of drug-likeness (QED) is 0.172. The molecule has 2 N–H and O–H groups in total. The summed E-state index contributed by atoms with van der Waals surface area (Å²) in [6.45, 7) is 1.01. The minimum absolute atomic E-state index is 0.00502. The number of carbonyl (C=O) groups is 3. The molecule has 0 atom stereocenters.